The van der Waals surface area contributed by atoms with Gasteiger partial charge in [0, 0.05) is 28.4 Å². The van der Waals surface area contributed by atoms with Crippen LogP contribution in [0.5, 0.6) is 0 Å². The number of hydrogen-bond acceptors (Lipinski definition) is 19. The summed E-state index contributed by atoms with van der Waals surface area (Å²) in [5, 5.41) is 0. The quantitative estimate of drug-likeness (QED) is 0.113. The summed E-state index contributed by atoms with van der Waals surface area (Å²) in [7, 11) is -17.4. The van der Waals surface area contributed by atoms with Gasteiger partial charge in [0.1, 0.15) is 36.6 Å². The Morgan fingerprint density at radius 2 is 0.953 bits per heavy atom. The molecule has 0 unspecified atom stereocenters. The van der Waals surface area contributed by atoms with Crippen molar-refractivity contribution in [1.82, 2.24) is 0 Å². The molecule has 0 aromatic carbocycles. The lowest BCUT2D eigenvalue weighted by Gasteiger charge is -2.48. The van der Waals surface area contributed by atoms with E-state index in [9.17, 15) is 47.3 Å². The molecule has 0 saturated carbocycles. The molecule has 23 nitrogen and oxygen atoms in total. The molecule has 27 heteroatoms. The van der Waals surface area contributed by atoms with Crippen molar-refractivity contribution in [3.8, 4) is 0 Å². The minimum absolute atomic E-state index is 0.307. The Kier molecular flexibility index (Phi) is 13.6. The van der Waals surface area contributed by atoms with Crippen LogP contribution in [0.2, 0.25) is 0 Å². The fourth-order valence-electron chi connectivity index (χ4n) is 4.25. The van der Waals surface area contributed by atoms with Crippen LogP contribution < -0.4 is 0 Å². The number of rotatable bonds is 16. The van der Waals surface area contributed by atoms with Crippen molar-refractivity contribution in [3.05, 3.63) is 0 Å². The lowest BCUT2D eigenvalue weighted by molar-refractivity contribution is -0.352. The third kappa shape index (κ3) is 11.8. The van der Waals surface area contributed by atoms with Crippen LogP contribution in [0.15, 0.2) is 0 Å². The predicted octanol–water partition coefficient (Wildman–Crippen LogP) is -3.47. The zero-order valence-corrected chi connectivity index (χ0v) is 25.6. The number of methoxy groups -OCH3 is 4. The fraction of sp³-hybridized carbons (Fsp3) is 1.00. The molecular weight excluding hydrogens is 688 g/mol. The summed E-state index contributed by atoms with van der Waals surface area (Å²) in [6.45, 7) is -1.59. The van der Waals surface area contributed by atoms with Crippen LogP contribution in [-0.4, -0.2) is 155 Å². The molecule has 0 aromatic heterocycles. The molecule has 2 rings (SSSR count). The van der Waals surface area contributed by atoms with Crippen molar-refractivity contribution in [1.29, 1.82) is 0 Å². The van der Waals surface area contributed by atoms with Gasteiger partial charge in [0.15, 0.2) is 24.8 Å². The Hall–Kier alpha value is -0.800. The Bertz CT molecular complexity index is 1330. The molecule has 2 aliphatic rings. The normalized spacial score (nSPS) is 34.7. The van der Waals surface area contributed by atoms with Gasteiger partial charge >= 0.3 is 41.6 Å². The topological polar surface area (TPSA) is 319 Å². The Balaban J connectivity index is 2.72. The Labute approximate surface area is 246 Å². The smallest absolute Gasteiger partial charge is 0.382 e. The highest BCUT2D eigenvalue weighted by atomic mass is 32.3. The number of hydrogen-bond donors (Lipinski definition) is 4. The lowest BCUT2D eigenvalue weighted by Crippen LogP contribution is -2.66. The monoisotopic (exact) mass is 718 g/mol. The SMILES string of the molecule is COC[C@H]1O[C@H](O[C@H]2[C@H](OS(=O)(=O)O)[C@@H](OS(=O)(=O)O)[C@H](OC)O[C@@H]2COS(=O)(=O)O)[C@H](OS(=O)(=O)O)[C@@H](OC)[C@H]1OC. The van der Waals surface area contributed by atoms with Gasteiger partial charge in [0.25, 0.3) is 0 Å². The first-order valence-electron chi connectivity index (χ1n) is 11.3. The van der Waals surface area contributed by atoms with Gasteiger partial charge in [-0.1, -0.05) is 0 Å². The third-order valence-corrected chi connectivity index (χ3v) is 7.49. The van der Waals surface area contributed by atoms with E-state index in [4.69, 9.17) is 37.7 Å². The van der Waals surface area contributed by atoms with E-state index in [0.29, 0.717) is 0 Å². The molecule has 2 saturated heterocycles. The van der Waals surface area contributed by atoms with Crippen molar-refractivity contribution < 1.29 is 102 Å². The molecule has 43 heavy (non-hydrogen) atoms. The maximum atomic E-state index is 11.8. The number of ether oxygens (including phenoxy) is 7. The molecule has 0 aliphatic carbocycles. The first kappa shape index (κ1) is 38.4. The van der Waals surface area contributed by atoms with E-state index in [2.05, 4.69) is 16.7 Å². The predicted molar refractivity (Wildman–Crippen MR) is 129 cm³/mol. The van der Waals surface area contributed by atoms with Crippen LogP contribution in [0.3, 0.4) is 0 Å². The summed E-state index contributed by atoms with van der Waals surface area (Å²) >= 11 is 0. The molecule has 2 aliphatic heterocycles. The van der Waals surface area contributed by atoms with Gasteiger partial charge in [-0.2, -0.15) is 33.7 Å². The van der Waals surface area contributed by atoms with Crippen LogP contribution in [0.1, 0.15) is 0 Å². The zero-order valence-electron chi connectivity index (χ0n) is 22.4. The molecule has 256 valence electrons. The van der Waals surface area contributed by atoms with Crippen LogP contribution in [-0.2, 0) is 91.5 Å². The van der Waals surface area contributed by atoms with E-state index < -0.39 is 110 Å². The molecular formula is C16H30O23S4. The van der Waals surface area contributed by atoms with E-state index in [1.54, 1.807) is 0 Å². The Morgan fingerprint density at radius 3 is 1.37 bits per heavy atom. The summed E-state index contributed by atoms with van der Waals surface area (Å²) in [5.41, 5.74) is 0. The molecule has 0 amide bonds. The van der Waals surface area contributed by atoms with Gasteiger partial charge in [0.2, 0.25) is 0 Å². The van der Waals surface area contributed by atoms with Crippen LogP contribution in [0, 0.1) is 0 Å². The molecule has 4 N–H and O–H groups in total. The molecule has 0 bridgehead atoms. The van der Waals surface area contributed by atoms with E-state index in [1.807, 2.05) is 0 Å². The Morgan fingerprint density at radius 1 is 0.512 bits per heavy atom. The van der Waals surface area contributed by atoms with Crippen LogP contribution in [0.4, 0.5) is 0 Å². The van der Waals surface area contributed by atoms with Gasteiger partial charge in [-0.15, -0.1) is 0 Å². The minimum Gasteiger partial charge on any atom is -0.382 e. The molecule has 0 radical (unpaired) electrons. The molecule has 0 spiro atoms. The highest BCUT2D eigenvalue weighted by Crippen LogP contribution is 2.35. The molecule has 2 heterocycles. The van der Waals surface area contributed by atoms with Crippen molar-refractivity contribution in [2.24, 2.45) is 0 Å². The summed E-state index contributed by atoms with van der Waals surface area (Å²) in [6, 6.07) is 0. The molecule has 2 fully saturated rings. The second kappa shape index (κ2) is 15.2. The van der Waals surface area contributed by atoms with E-state index in [-0.39, 0.29) is 6.61 Å². The summed E-state index contributed by atoms with van der Waals surface area (Å²) in [4.78, 5) is 0. The maximum absolute atomic E-state index is 11.8. The fourth-order valence-corrected chi connectivity index (χ4v) is 6.02. The van der Waals surface area contributed by atoms with Crippen molar-refractivity contribution in [2.75, 3.05) is 41.7 Å². The van der Waals surface area contributed by atoms with Crippen LogP contribution >= 0.6 is 0 Å². The van der Waals surface area contributed by atoms with Gasteiger partial charge in [-0.3, -0.25) is 18.2 Å². The zero-order chi connectivity index (χ0) is 33.0. The minimum atomic E-state index is -5.60. The van der Waals surface area contributed by atoms with E-state index in [1.165, 1.54) is 7.11 Å². The molecule has 10 atom stereocenters. The van der Waals surface area contributed by atoms with E-state index >= 15 is 0 Å². The van der Waals surface area contributed by atoms with Gasteiger partial charge < -0.3 is 33.2 Å². The molecule has 0 aromatic rings. The average Bonchev–Trinajstić information content (AvgIpc) is 2.83. The first-order valence-corrected chi connectivity index (χ1v) is 16.7. The van der Waals surface area contributed by atoms with Gasteiger partial charge in [-0.05, 0) is 0 Å². The van der Waals surface area contributed by atoms with Crippen molar-refractivity contribution in [3.63, 3.8) is 0 Å². The first-order chi connectivity index (χ1) is 19.6. The van der Waals surface area contributed by atoms with Crippen molar-refractivity contribution in [2.45, 2.75) is 61.4 Å². The maximum Gasteiger partial charge on any atom is 0.397 e. The van der Waals surface area contributed by atoms with Crippen molar-refractivity contribution >= 4 is 41.6 Å². The third-order valence-electron chi connectivity index (χ3n) is 5.66. The highest BCUT2D eigenvalue weighted by Gasteiger charge is 2.56. The summed E-state index contributed by atoms with van der Waals surface area (Å²) in [6.07, 6.45) is -19.3. The van der Waals surface area contributed by atoms with Crippen LogP contribution in [0.25, 0.3) is 0 Å². The van der Waals surface area contributed by atoms with E-state index in [0.717, 1.165) is 21.3 Å². The van der Waals surface area contributed by atoms with Gasteiger partial charge in [-0.25, -0.2) is 16.7 Å². The highest BCUT2D eigenvalue weighted by molar-refractivity contribution is 7.81. The summed E-state index contributed by atoms with van der Waals surface area (Å²) < 4.78 is 185. The summed E-state index contributed by atoms with van der Waals surface area (Å²) in [5.74, 6) is 0. The van der Waals surface area contributed by atoms with Gasteiger partial charge in [0.05, 0.1) is 13.2 Å². The lowest BCUT2D eigenvalue weighted by atomic mass is 9.96. The standard InChI is InChI=1S/C16H30O23S4/c1-29-5-7-9(30-2)11(31-3)13(38-42(23,24)25)16(35-7)36-10-8(6-33-40(17,18)19)34-15(32-4)14(39-43(26,27)28)12(10)37-41(20,21)22/h7-16H,5-6H2,1-4H3,(H,17,18,19)(H,20,21,22)(H,23,24,25)(H,26,27,28)/t7-,8-,9+,10-,11+,12+,13-,14-,15-,16-/m1/s1. The second-order valence-corrected chi connectivity index (χ2v) is 12.7. The largest absolute Gasteiger partial charge is 0.397 e. The average molecular weight is 719 g/mol. The second-order valence-electron chi connectivity index (χ2n) is 8.46.